The van der Waals surface area contributed by atoms with Gasteiger partial charge in [-0.25, -0.2) is 0 Å². The number of ether oxygens (including phenoxy) is 1. The summed E-state index contributed by atoms with van der Waals surface area (Å²) in [6.07, 6.45) is 2.72. The molecular formula is C12H24N2OS. The van der Waals surface area contributed by atoms with Gasteiger partial charge in [-0.15, -0.1) is 0 Å². The molecule has 1 aliphatic heterocycles. The zero-order valence-corrected chi connectivity index (χ0v) is 11.3. The highest BCUT2D eigenvalue weighted by Crippen LogP contribution is 2.40. The maximum atomic E-state index is 6.00. The third kappa shape index (κ3) is 2.40. The molecule has 2 fully saturated rings. The Morgan fingerprint density at radius 2 is 2.25 bits per heavy atom. The van der Waals surface area contributed by atoms with E-state index in [0.29, 0.717) is 6.10 Å². The van der Waals surface area contributed by atoms with Crippen LogP contribution >= 0.6 is 11.8 Å². The van der Waals surface area contributed by atoms with Gasteiger partial charge in [0.2, 0.25) is 0 Å². The quantitative estimate of drug-likeness (QED) is 0.809. The van der Waals surface area contributed by atoms with Crippen molar-refractivity contribution in [1.29, 1.82) is 0 Å². The second-order valence-corrected chi connectivity index (χ2v) is 6.59. The van der Waals surface area contributed by atoms with Crippen molar-refractivity contribution < 1.29 is 4.74 Å². The second-order valence-electron chi connectivity index (χ2n) is 5.04. The Bertz CT molecular complexity index is 231. The van der Waals surface area contributed by atoms with Crippen LogP contribution in [0, 0.1) is 0 Å². The fourth-order valence-corrected chi connectivity index (χ4v) is 3.96. The third-order valence-corrected chi connectivity index (χ3v) is 5.05. The van der Waals surface area contributed by atoms with E-state index in [0.717, 1.165) is 31.2 Å². The largest absolute Gasteiger partial charge is 0.378 e. The monoisotopic (exact) mass is 244 g/mol. The van der Waals surface area contributed by atoms with E-state index in [4.69, 9.17) is 10.5 Å². The summed E-state index contributed by atoms with van der Waals surface area (Å²) in [6.45, 7) is 8.40. The molecule has 0 amide bonds. The highest BCUT2D eigenvalue weighted by atomic mass is 32.2. The summed E-state index contributed by atoms with van der Waals surface area (Å²) in [6, 6.07) is 0. The molecule has 0 radical (unpaired) electrons. The molecule has 94 valence electrons. The summed E-state index contributed by atoms with van der Waals surface area (Å²) < 4.78 is 5.67. The SMILES string of the molecule is CCOC1CC(CN)(N2CCSC(C)C2)C1. The smallest absolute Gasteiger partial charge is 0.0611 e. The second kappa shape index (κ2) is 5.25. The zero-order chi connectivity index (χ0) is 11.6. The van der Waals surface area contributed by atoms with E-state index >= 15 is 0 Å². The van der Waals surface area contributed by atoms with Gasteiger partial charge in [-0.1, -0.05) is 6.92 Å². The summed E-state index contributed by atoms with van der Waals surface area (Å²) >= 11 is 2.08. The van der Waals surface area contributed by atoms with Crippen LogP contribution in [0.2, 0.25) is 0 Å². The standard InChI is InChI=1S/C12H24N2OS/c1-3-15-11-6-12(7-11,9-13)14-4-5-16-10(2)8-14/h10-11H,3-9,13H2,1-2H3. The first-order valence-corrected chi connectivity index (χ1v) is 7.43. The summed E-state index contributed by atoms with van der Waals surface area (Å²) in [5.41, 5.74) is 6.26. The summed E-state index contributed by atoms with van der Waals surface area (Å²) in [7, 11) is 0. The molecule has 1 heterocycles. The molecule has 2 aliphatic rings. The van der Waals surface area contributed by atoms with Crippen LogP contribution in [-0.4, -0.2) is 53.8 Å². The molecule has 1 atom stereocenters. The van der Waals surface area contributed by atoms with Crippen molar-refractivity contribution in [3.05, 3.63) is 0 Å². The van der Waals surface area contributed by atoms with Crippen molar-refractivity contribution in [3.63, 3.8) is 0 Å². The van der Waals surface area contributed by atoms with Crippen LogP contribution in [0.1, 0.15) is 26.7 Å². The van der Waals surface area contributed by atoms with Crippen LogP contribution < -0.4 is 5.73 Å². The van der Waals surface area contributed by atoms with Crippen LogP contribution in [-0.2, 0) is 4.74 Å². The van der Waals surface area contributed by atoms with Crippen molar-refractivity contribution in [2.45, 2.75) is 43.6 Å². The molecule has 1 aliphatic carbocycles. The van der Waals surface area contributed by atoms with Crippen molar-refractivity contribution in [1.82, 2.24) is 4.90 Å². The molecule has 0 spiro atoms. The molecule has 3 nitrogen and oxygen atoms in total. The first-order valence-electron chi connectivity index (χ1n) is 6.38. The maximum absolute atomic E-state index is 6.00. The van der Waals surface area contributed by atoms with Gasteiger partial charge in [-0.3, -0.25) is 4.90 Å². The van der Waals surface area contributed by atoms with Crippen LogP contribution in [0.15, 0.2) is 0 Å². The molecule has 16 heavy (non-hydrogen) atoms. The topological polar surface area (TPSA) is 38.5 Å². The number of thioether (sulfide) groups is 1. The van der Waals surface area contributed by atoms with E-state index < -0.39 is 0 Å². The third-order valence-electron chi connectivity index (χ3n) is 3.91. The van der Waals surface area contributed by atoms with Crippen LogP contribution in [0.25, 0.3) is 0 Å². The van der Waals surface area contributed by atoms with Crippen molar-refractivity contribution >= 4 is 11.8 Å². The van der Waals surface area contributed by atoms with Crippen molar-refractivity contribution in [3.8, 4) is 0 Å². The van der Waals surface area contributed by atoms with Crippen molar-refractivity contribution in [2.24, 2.45) is 5.73 Å². The van der Waals surface area contributed by atoms with Gasteiger partial charge in [-0.05, 0) is 19.8 Å². The Hall–Kier alpha value is 0.230. The number of nitrogens with zero attached hydrogens (tertiary/aromatic N) is 1. The van der Waals surface area contributed by atoms with Gasteiger partial charge in [0.25, 0.3) is 0 Å². The van der Waals surface area contributed by atoms with Gasteiger partial charge in [0.1, 0.15) is 0 Å². The fourth-order valence-electron chi connectivity index (χ4n) is 2.94. The highest BCUT2D eigenvalue weighted by Gasteiger charge is 2.48. The van der Waals surface area contributed by atoms with E-state index in [1.165, 1.54) is 18.8 Å². The normalized spacial score (nSPS) is 40.7. The summed E-state index contributed by atoms with van der Waals surface area (Å²) in [5, 5.41) is 0.753. The van der Waals surface area contributed by atoms with E-state index in [1.54, 1.807) is 0 Å². The van der Waals surface area contributed by atoms with Crippen molar-refractivity contribution in [2.75, 3.05) is 32.0 Å². The lowest BCUT2D eigenvalue weighted by molar-refractivity contribution is -0.0987. The lowest BCUT2D eigenvalue weighted by Gasteiger charge is -2.55. The summed E-state index contributed by atoms with van der Waals surface area (Å²) in [5.74, 6) is 1.25. The zero-order valence-electron chi connectivity index (χ0n) is 10.4. The summed E-state index contributed by atoms with van der Waals surface area (Å²) in [4.78, 5) is 2.61. The average molecular weight is 244 g/mol. The first kappa shape index (κ1) is 12.7. The van der Waals surface area contributed by atoms with Gasteiger partial charge in [-0.2, -0.15) is 11.8 Å². The van der Waals surface area contributed by atoms with Gasteiger partial charge < -0.3 is 10.5 Å². The number of hydrogen-bond donors (Lipinski definition) is 1. The average Bonchev–Trinajstić information content (AvgIpc) is 2.23. The van der Waals surface area contributed by atoms with Gasteiger partial charge in [0.05, 0.1) is 6.10 Å². The van der Waals surface area contributed by atoms with E-state index in [9.17, 15) is 0 Å². The molecule has 1 saturated heterocycles. The molecular weight excluding hydrogens is 220 g/mol. The van der Waals surface area contributed by atoms with E-state index in [2.05, 4.69) is 30.5 Å². The van der Waals surface area contributed by atoms with Crippen LogP contribution in [0.3, 0.4) is 0 Å². The number of rotatable bonds is 4. The minimum Gasteiger partial charge on any atom is -0.378 e. The minimum atomic E-state index is 0.259. The molecule has 0 aromatic rings. The van der Waals surface area contributed by atoms with Gasteiger partial charge >= 0.3 is 0 Å². The number of hydrogen-bond acceptors (Lipinski definition) is 4. The molecule has 4 heteroatoms. The van der Waals surface area contributed by atoms with Gasteiger partial charge in [0, 0.05) is 42.8 Å². The minimum absolute atomic E-state index is 0.259. The van der Waals surface area contributed by atoms with Crippen LogP contribution in [0.5, 0.6) is 0 Å². The molecule has 2 N–H and O–H groups in total. The Kier molecular flexibility index (Phi) is 4.16. The predicted octanol–water partition coefficient (Wildman–Crippen LogP) is 1.32. The lowest BCUT2D eigenvalue weighted by Crippen LogP contribution is -2.66. The lowest BCUT2D eigenvalue weighted by atomic mass is 9.72. The molecule has 1 saturated carbocycles. The predicted molar refractivity (Wildman–Crippen MR) is 69.9 cm³/mol. The molecule has 0 bridgehead atoms. The van der Waals surface area contributed by atoms with E-state index in [1.807, 2.05) is 0 Å². The molecule has 2 rings (SSSR count). The highest BCUT2D eigenvalue weighted by molar-refractivity contribution is 7.99. The van der Waals surface area contributed by atoms with Crippen LogP contribution in [0.4, 0.5) is 0 Å². The Morgan fingerprint density at radius 3 is 2.81 bits per heavy atom. The molecule has 0 aromatic heterocycles. The Morgan fingerprint density at radius 1 is 1.50 bits per heavy atom. The Labute approximate surface area is 103 Å². The molecule has 0 aromatic carbocycles. The number of nitrogens with two attached hydrogens (primary N) is 1. The molecule has 1 unspecified atom stereocenters. The van der Waals surface area contributed by atoms with Gasteiger partial charge in [0.15, 0.2) is 0 Å². The first-order chi connectivity index (χ1) is 7.70. The van der Waals surface area contributed by atoms with E-state index in [-0.39, 0.29) is 5.54 Å². The fraction of sp³-hybridized carbons (Fsp3) is 1.00. The maximum Gasteiger partial charge on any atom is 0.0611 e. The Balaban J connectivity index is 1.90.